The van der Waals surface area contributed by atoms with Crippen LogP contribution in [-0.2, 0) is 6.54 Å². The second kappa shape index (κ2) is 7.82. The Morgan fingerprint density at radius 1 is 1.21 bits per heavy atom. The molecule has 1 fully saturated rings. The van der Waals surface area contributed by atoms with Crippen LogP contribution in [0.1, 0.15) is 42.5 Å². The smallest absolute Gasteiger partial charge is 0.123 e. The summed E-state index contributed by atoms with van der Waals surface area (Å²) in [5.41, 5.74) is 3.94. The lowest BCUT2D eigenvalue weighted by atomic mass is 9.92. The first-order valence-electron chi connectivity index (χ1n) is 9.23. The molecule has 0 spiro atoms. The molecular formula is C21H28N2O. The van der Waals surface area contributed by atoms with Crippen molar-refractivity contribution in [2.75, 3.05) is 26.7 Å². The molecule has 3 rings (SSSR count). The zero-order valence-corrected chi connectivity index (χ0v) is 14.9. The summed E-state index contributed by atoms with van der Waals surface area (Å²) in [6, 6.07) is 17.0. The van der Waals surface area contributed by atoms with Crippen LogP contribution in [0, 0.1) is 0 Å². The molecule has 128 valence electrons. The van der Waals surface area contributed by atoms with Crippen LogP contribution in [0.15, 0.2) is 48.5 Å². The third kappa shape index (κ3) is 3.97. The molecule has 1 unspecified atom stereocenters. The topological polar surface area (TPSA) is 24.5 Å². The molecule has 0 bridgehead atoms. The van der Waals surface area contributed by atoms with Crippen LogP contribution in [0.5, 0.6) is 5.75 Å². The van der Waals surface area contributed by atoms with Gasteiger partial charge in [0.1, 0.15) is 7.16 Å². The van der Waals surface area contributed by atoms with Crippen LogP contribution in [0.25, 0.3) is 0 Å². The van der Waals surface area contributed by atoms with Gasteiger partial charge in [-0.3, -0.25) is 4.90 Å². The molecule has 3 nitrogen and oxygen atoms in total. The summed E-state index contributed by atoms with van der Waals surface area (Å²) >= 11 is 0. The number of benzene rings is 2. The van der Waals surface area contributed by atoms with Crippen molar-refractivity contribution in [3.05, 3.63) is 65.2 Å². The van der Waals surface area contributed by atoms with E-state index in [9.17, 15) is 0 Å². The highest BCUT2D eigenvalue weighted by Gasteiger charge is 2.23. The van der Waals surface area contributed by atoms with Crippen molar-refractivity contribution in [3.63, 3.8) is 0 Å². The molecule has 0 radical (unpaired) electrons. The number of hydrogen-bond donors (Lipinski definition) is 1. The number of nitrogens with zero attached hydrogens (tertiary/aromatic N) is 1. The van der Waals surface area contributed by atoms with Gasteiger partial charge in [0, 0.05) is 32.2 Å². The highest BCUT2D eigenvalue weighted by molar-refractivity contribution is 5.33. The number of ether oxygens (including phenoxy) is 1. The lowest BCUT2D eigenvalue weighted by Crippen LogP contribution is -2.45. The van der Waals surface area contributed by atoms with E-state index in [2.05, 4.69) is 55.1 Å². The van der Waals surface area contributed by atoms with Gasteiger partial charge in [0.2, 0.25) is 0 Å². The number of rotatable bonds is 5. The first-order chi connectivity index (χ1) is 12.1. The van der Waals surface area contributed by atoms with E-state index in [0.29, 0.717) is 5.92 Å². The highest BCUT2D eigenvalue weighted by atomic mass is 16.5. The second-order valence-electron chi connectivity index (χ2n) is 6.79. The summed E-state index contributed by atoms with van der Waals surface area (Å²) in [6.07, 6.45) is 0. The molecule has 1 aliphatic heterocycles. The van der Waals surface area contributed by atoms with Gasteiger partial charge in [-0.1, -0.05) is 50.2 Å². The van der Waals surface area contributed by atoms with Crippen molar-refractivity contribution in [3.8, 4) is 5.75 Å². The summed E-state index contributed by atoms with van der Waals surface area (Å²) in [7, 11) is 1.69. The fourth-order valence-corrected chi connectivity index (χ4v) is 3.42. The molecule has 1 saturated heterocycles. The van der Waals surface area contributed by atoms with E-state index >= 15 is 0 Å². The lowest BCUT2D eigenvalue weighted by Gasteiger charge is -2.35. The standard InChI is InChI=1S/C21H28N2O/c1-16(2)19-6-4-5-7-20(19)21-15-23(13-12-22-21)14-17-8-10-18(24-3)11-9-17/h4-11,16,21-22H,12-15H2,1-3H3/i/hD. The zero-order chi connectivity index (χ0) is 17.8. The average molecular weight is 325 g/mol. The first kappa shape index (κ1) is 15.7. The van der Waals surface area contributed by atoms with Crippen LogP contribution >= 0.6 is 0 Å². The Bertz CT molecular complexity index is 687. The van der Waals surface area contributed by atoms with Crippen molar-refractivity contribution in [1.82, 2.24) is 10.2 Å². The third-order valence-corrected chi connectivity index (χ3v) is 4.74. The van der Waals surface area contributed by atoms with Crippen LogP contribution in [0.2, 0.25) is 1.41 Å². The zero-order valence-electron chi connectivity index (χ0n) is 15.9. The van der Waals surface area contributed by atoms with E-state index in [4.69, 9.17) is 6.15 Å². The van der Waals surface area contributed by atoms with Gasteiger partial charge in [-0.2, -0.15) is 0 Å². The Labute approximate surface area is 147 Å². The summed E-state index contributed by atoms with van der Waals surface area (Å²) in [5, 5.41) is 1.76. The third-order valence-electron chi connectivity index (χ3n) is 4.74. The first-order valence-corrected chi connectivity index (χ1v) is 8.78. The van der Waals surface area contributed by atoms with Gasteiger partial charge in [-0.15, -0.1) is 0 Å². The highest BCUT2D eigenvalue weighted by Crippen LogP contribution is 2.27. The van der Waals surface area contributed by atoms with Gasteiger partial charge in [0.25, 0.3) is 0 Å². The summed E-state index contributed by atoms with van der Waals surface area (Å²) in [5.74, 6) is 1.37. The summed E-state index contributed by atoms with van der Waals surface area (Å²) in [6.45, 7) is 7.96. The number of nitrogens with one attached hydrogen (secondary N) is 1. The normalized spacial score (nSPS) is 20.2. The summed E-state index contributed by atoms with van der Waals surface area (Å²) in [4.78, 5) is 2.45. The van der Waals surface area contributed by atoms with Crippen molar-refractivity contribution in [2.24, 2.45) is 0 Å². The Kier molecular flexibility index (Phi) is 5.11. The number of piperazine rings is 1. The summed E-state index contributed by atoms with van der Waals surface area (Å²) < 4.78 is 13.7. The van der Waals surface area contributed by atoms with E-state index < -0.39 is 0 Å². The molecule has 1 atom stereocenters. The van der Waals surface area contributed by atoms with Gasteiger partial charge in [-0.05, 0) is 34.7 Å². The quantitative estimate of drug-likeness (QED) is 0.900. The van der Waals surface area contributed by atoms with Gasteiger partial charge < -0.3 is 10.0 Å². The van der Waals surface area contributed by atoms with Gasteiger partial charge >= 0.3 is 0 Å². The van der Waals surface area contributed by atoms with E-state index in [1.165, 1.54) is 16.7 Å². The molecule has 0 aromatic heterocycles. The largest absolute Gasteiger partial charge is 0.497 e. The van der Waals surface area contributed by atoms with E-state index in [-0.39, 0.29) is 6.04 Å². The van der Waals surface area contributed by atoms with Crippen LogP contribution in [-0.4, -0.2) is 31.6 Å². The van der Waals surface area contributed by atoms with Gasteiger partial charge in [0.15, 0.2) is 0 Å². The lowest BCUT2D eigenvalue weighted by molar-refractivity contribution is 0.192. The maximum absolute atomic E-state index is 8.42. The van der Waals surface area contributed by atoms with E-state index in [1.54, 1.807) is 12.4 Å². The predicted molar refractivity (Wildman–Crippen MR) is 99.5 cm³/mol. The predicted octanol–water partition coefficient (Wildman–Crippen LogP) is 3.97. The van der Waals surface area contributed by atoms with E-state index in [1.807, 2.05) is 12.1 Å². The SMILES string of the molecule is [2H]N1CCN(Cc2ccc(OC)cc2)CC1c1ccccc1C(C)C. The fourth-order valence-electron chi connectivity index (χ4n) is 3.42. The van der Waals surface area contributed by atoms with E-state index in [0.717, 1.165) is 31.9 Å². The van der Waals surface area contributed by atoms with Gasteiger partial charge in [-0.25, -0.2) is 0 Å². The molecule has 0 aliphatic carbocycles. The van der Waals surface area contributed by atoms with Crippen molar-refractivity contribution in [1.29, 1.82) is 0 Å². The van der Waals surface area contributed by atoms with Crippen LogP contribution in [0.3, 0.4) is 0 Å². The monoisotopic (exact) mass is 325 g/mol. The maximum atomic E-state index is 8.42. The average Bonchev–Trinajstić information content (AvgIpc) is 2.64. The van der Waals surface area contributed by atoms with Crippen molar-refractivity contribution >= 4 is 0 Å². The molecule has 0 saturated carbocycles. The van der Waals surface area contributed by atoms with Crippen LogP contribution < -0.4 is 10.0 Å². The Hall–Kier alpha value is -1.84. The molecule has 3 heteroatoms. The molecular weight excluding hydrogens is 296 g/mol. The Morgan fingerprint density at radius 3 is 2.67 bits per heavy atom. The van der Waals surface area contributed by atoms with Crippen molar-refractivity contribution in [2.45, 2.75) is 32.4 Å². The minimum Gasteiger partial charge on any atom is -0.497 e. The molecule has 1 N–H and O–H groups in total. The molecule has 1 aliphatic rings. The minimum absolute atomic E-state index is 0.130. The number of hydrogen-bond acceptors (Lipinski definition) is 3. The minimum atomic E-state index is 0.130. The molecule has 0 amide bonds. The van der Waals surface area contributed by atoms with Crippen LogP contribution in [0.4, 0.5) is 0 Å². The van der Waals surface area contributed by atoms with Crippen molar-refractivity contribution < 1.29 is 6.15 Å². The number of methoxy groups -OCH3 is 1. The molecule has 2 aromatic carbocycles. The molecule has 24 heavy (non-hydrogen) atoms. The Morgan fingerprint density at radius 2 is 1.96 bits per heavy atom. The van der Waals surface area contributed by atoms with Gasteiger partial charge in [0.05, 0.1) is 7.11 Å². The molecule has 1 heterocycles. The fraction of sp³-hybridized carbons (Fsp3) is 0.429. The second-order valence-corrected chi connectivity index (χ2v) is 6.79. The maximum Gasteiger partial charge on any atom is 0.123 e. The Balaban J connectivity index is 1.75. The molecule has 2 aromatic rings.